The molecular weight excluding hydrogens is 208 g/mol. The van der Waals surface area contributed by atoms with Crippen LogP contribution in [0.15, 0.2) is 18.2 Å². The number of nitrogens with zero attached hydrogens (tertiary/aromatic N) is 1. The van der Waals surface area contributed by atoms with Gasteiger partial charge in [0.15, 0.2) is 0 Å². The van der Waals surface area contributed by atoms with Crippen molar-refractivity contribution in [3.05, 3.63) is 23.4 Å². The van der Waals surface area contributed by atoms with E-state index in [4.69, 9.17) is 11.6 Å². The van der Waals surface area contributed by atoms with Crippen LogP contribution in [-0.2, 0) is 0 Å². The molecule has 82 valence electrons. The van der Waals surface area contributed by atoms with Gasteiger partial charge in [0.1, 0.15) is 11.0 Å². The van der Waals surface area contributed by atoms with E-state index in [0.29, 0.717) is 11.2 Å². The van der Waals surface area contributed by atoms with Crippen molar-refractivity contribution in [1.29, 1.82) is 0 Å². The van der Waals surface area contributed by atoms with Crippen LogP contribution >= 0.6 is 11.6 Å². The molecule has 1 heterocycles. The highest BCUT2D eigenvalue weighted by atomic mass is 35.5. The van der Waals surface area contributed by atoms with Gasteiger partial charge in [-0.05, 0) is 30.9 Å². The molecule has 2 atom stereocenters. The Balaban J connectivity index is 2.01. The first-order valence-electron chi connectivity index (χ1n) is 5.65. The van der Waals surface area contributed by atoms with Crippen LogP contribution in [0, 0.1) is 5.92 Å². The molecule has 0 radical (unpaired) electrons. The average Bonchev–Trinajstić information content (AvgIpc) is 2.22. The highest BCUT2D eigenvalue weighted by Crippen LogP contribution is 2.26. The van der Waals surface area contributed by atoms with Gasteiger partial charge in [0.2, 0.25) is 0 Å². The first-order chi connectivity index (χ1) is 7.25. The summed E-state index contributed by atoms with van der Waals surface area (Å²) in [4.78, 5) is 4.26. The van der Waals surface area contributed by atoms with Gasteiger partial charge in [-0.25, -0.2) is 4.98 Å². The second kappa shape index (κ2) is 4.84. The summed E-state index contributed by atoms with van der Waals surface area (Å²) in [6.45, 7) is 2.31. The summed E-state index contributed by atoms with van der Waals surface area (Å²) < 4.78 is 0. The van der Waals surface area contributed by atoms with E-state index in [1.54, 1.807) is 6.07 Å². The molecule has 0 spiro atoms. The number of pyridine rings is 1. The van der Waals surface area contributed by atoms with Crippen LogP contribution in [0.4, 0.5) is 5.82 Å². The van der Waals surface area contributed by atoms with Crippen molar-refractivity contribution >= 4 is 17.4 Å². The minimum absolute atomic E-state index is 0.559. The summed E-state index contributed by atoms with van der Waals surface area (Å²) in [5, 5.41) is 4.03. The molecular formula is C12H17ClN2. The summed E-state index contributed by atoms with van der Waals surface area (Å²) in [6.07, 6.45) is 5.25. The Morgan fingerprint density at radius 1 is 1.33 bits per heavy atom. The van der Waals surface area contributed by atoms with Crippen LogP contribution in [-0.4, -0.2) is 11.0 Å². The maximum atomic E-state index is 5.85. The molecule has 1 fully saturated rings. The third-order valence-electron chi connectivity index (χ3n) is 3.16. The zero-order chi connectivity index (χ0) is 10.7. The Kier molecular flexibility index (Phi) is 3.47. The van der Waals surface area contributed by atoms with E-state index < -0.39 is 0 Å². The van der Waals surface area contributed by atoms with Crippen molar-refractivity contribution < 1.29 is 0 Å². The molecule has 3 heteroatoms. The highest BCUT2D eigenvalue weighted by Gasteiger charge is 2.21. The van der Waals surface area contributed by atoms with Gasteiger partial charge in [0.25, 0.3) is 0 Å². The van der Waals surface area contributed by atoms with Crippen molar-refractivity contribution in [3.8, 4) is 0 Å². The minimum Gasteiger partial charge on any atom is -0.367 e. The second-order valence-corrected chi connectivity index (χ2v) is 4.75. The second-order valence-electron chi connectivity index (χ2n) is 4.36. The summed E-state index contributed by atoms with van der Waals surface area (Å²) >= 11 is 5.85. The number of aromatic nitrogens is 1. The molecule has 1 saturated carbocycles. The number of halogens is 1. The molecule has 1 aromatic heterocycles. The minimum atomic E-state index is 0.559. The van der Waals surface area contributed by atoms with E-state index in [1.807, 2.05) is 12.1 Å². The predicted octanol–water partition coefficient (Wildman–Crippen LogP) is 3.73. The van der Waals surface area contributed by atoms with Crippen molar-refractivity contribution in [1.82, 2.24) is 4.98 Å². The molecule has 2 rings (SSSR count). The van der Waals surface area contributed by atoms with Crippen LogP contribution in [0.1, 0.15) is 32.6 Å². The molecule has 1 aliphatic rings. The molecule has 2 nitrogen and oxygen atoms in total. The van der Waals surface area contributed by atoms with Gasteiger partial charge in [0.05, 0.1) is 0 Å². The van der Waals surface area contributed by atoms with Gasteiger partial charge < -0.3 is 5.32 Å². The summed E-state index contributed by atoms with van der Waals surface area (Å²) in [6, 6.07) is 6.28. The number of hydrogen-bond acceptors (Lipinski definition) is 2. The first-order valence-corrected chi connectivity index (χ1v) is 6.02. The lowest BCUT2D eigenvalue weighted by Gasteiger charge is -2.29. The Morgan fingerprint density at radius 3 is 2.87 bits per heavy atom. The van der Waals surface area contributed by atoms with Gasteiger partial charge in [-0.2, -0.15) is 0 Å². The fourth-order valence-corrected chi connectivity index (χ4v) is 2.37. The third-order valence-corrected chi connectivity index (χ3v) is 3.37. The summed E-state index contributed by atoms with van der Waals surface area (Å²) in [5.74, 6) is 1.64. The molecule has 1 aromatic rings. The number of hydrogen-bond donors (Lipinski definition) is 1. The third kappa shape index (κ3) is 2.85. The van der Waals surface area contributed by atoms with Crippen LogP contribution in [0.3, 0.4) is 0 Å². The first kappa shape index (κ1) is 10.7. The fraction of sp³-hybridized carbons (Fsp3) is 0.583. The predicted molar refractivity (Wildman–Crippen MR) is 64.3 cm³/mol. The molecule has 1 N–H and O–H groups in total. The Bertz CT molecular complexity index is 327. The maximum absolute atomic E-state index is 5.85. The van der Waals surface area contributed by atoms with Gasteiger partial charge in [-0.1, -0.05) is 37.4 Å². The molecule has 1 aliphatic carbocycles. The molecule has 0 aromatic carbocycles. The van der Waals surface area contributed by atoms with E-state index in [1.165, 1.54) is 25.7 Å². The van der Waals surface area contributed by atoms with E-state index in [0.717, 1.165) is 11.7 Å². The van der Waals surface area contributed by atoms with Gasteiger partial charge >= 0.3 is 0 Å². The fourth-order valence-electron chi connectivity index (χ4n) is 2.21. The lowest BCUT2D eigenvalue weighted by atomic mass is 9.86. The normalized spacial score (nSPS) is 26.3. The quantitative estimate of drug-likeness (QED) is 0.775. The lowest BCUT2D eigenvalue weighted by molar-refractivity contribution is 0.349. The Hall–Kier alpha value is -0.760. The van der Waals surface area contributed by atoms with Crippen LogP contribution in [0.2, 0.25) is 5.15 Å². The molecule has 2 unspecified atom stereocenters. The SMILES string of the molecule is CC1CCCCC1Nc1cccc(Cl)n1. The largest absolute Gasteiger partial charge is 0.367 e. The van der Waals surface area contributed by atoms with Crippen molar-refractivity contribution in [2.24, 2.45) is 5.92 Å². The molecule has 0 amide bonds. The molecule has 0 aliphatic heterocycles. The van der Waals surface area contributed by atoms with Crippen molar-refractivity contribution in [3.63, 3.8) is 0 Å². The topological polar surface area (TPSA) is 24.9 Å². The maximum Gasteiger partial charge on any atom is 0.131 e. The summed E-state index contributed by atoms with van der Waals surface area (Å²) in [7, 11) is 0. The van der Waals surface area contributed by atoms with E-state index >= 15 is 0 Å². The molecule has 0 bridgehead atoms. The number of rotatable bonds is 2. The number of nitrogens with one attached hydrogen (secondary N) is 1. The van der Waals surface area contributed by atoms with E-state index in [-0.39, 0.29) is 0 Å². The van der Waals surface area contributed by atoms with Gasteiger partial charge in [-0.3, -0.25) is 0 Å². The standard InChI is InChI=1S/C12H17ClN2/c1-9-5-2-3-6-10(9)14-12-8-4-7-11(13)15-12/h4,7-10H,2-3,5-6H2,1H3,(H,14,15). The van der Waals surface area contributed by atoms with E-state index in [2.05, 4.69) is 17.2 Å². The average molecular weight is 225 g/mol. The lowest BCUT2D eigenvalue weighted by Crippen LogP contribution is -2.30. The summed E-state index contributed by atoms with van der Waals surface area (Å²) in [5.41, 5.74) is 0. The van der Waals surface area contributed by atoms with E-state index in [9.17, 15) is 0 Å². The van der Waals surface area contributed by atoms with Crippen LogP contribution in [0.25, 0.3) is 0 Å². The van der Waals surface area contributed by atoms with Crippen LogP contribution in [0.5, 0.6) is 0 Å². The Labute approximate surface area is 96.1 Å². The van der Waals surface area contributed by atoms with Crippen LogP contribution < -0.4 is 5.32 Å². The molecule has 0 saturated heterocycles. The van der Waals surface area contributed by atoms with Gasteiger partial charge in [-0.15, -0.1) is 0 Å². The zero-order valence-electron chi connectivity index (χ0n) is 9.04. The molecule has 15 heavy (non-hydrogen) atoms. The smallest absolute Gasteiger partial charge is 0.131 e. The van der Waals surface area contributed by atoms with Crippen molar-refractivity contribution in [2.45, 2.75) is 38.6 Å². The van der Waals surface area contributed by atoms with Crippen molar-refractivity contribution in [2.75, 3.05) is 5.32 Å². The zero-order valence-corrected chi connectivity index (χ0v) is 9.80. The monoisotopic (exact) mass is 224 g/mol. The Morgan fingerprint density at radius 2 is 2.13 bits per heavy atom. The highest BCUT2D eigenvalue weighted by molar-refractivity contribution is 6.29. The number of anilines is 1. The van der Waals surface area contributed by atoms with Gasteiger partial charge in [0, 0.05) is 6.04 Å².